The number of aryl methyl sites for hydroxylation is 1. The smallest absolute Gasteiger partial charge is 0.0521 e. The van der Waals surface area contributed by atoms with Gasteiger partial charge in [-0.05, 0) is 23.3 Å². The first-order chi connectivity index (χ1) is 7.33. The summed E-state index contributed by atoms with van der Waals surface area (Å²) in [5, 5.41) is 2.47. The summed E-state index contributed by atoms with van der Waals surface area (Å²) in [6, 6.07) is 12.6. The Morgan fingerprint density at radius 2 is 1.93 bits per heavy atom. The zero-order valence-corrected chi connectivity index (χ0v) is 9.51. The molecule has 0 unspecified atom stereocenters. The molecule has 0 saturated carbocycles. The summed E-state index contributed by atoms with van der Waals surface area (Å²) in [5.41, 5.74) is 2.35. The Hall–Kier alpha value is -1.39. The molecule has 2 aromatic rings. The average molecular weight is 212 g/mol. The van der Waals surface area contributed by atoms with Gasteiger partial charge in [0.05, 0.1) is 5.75 Å². The SMILES string of the molecule is Cc1ccc2ccccc2c1C#CCS. The number of hydrogen-bond donors (Lipinski definition) is 1. The van der Waals surface area contributed by atoms with Crippen LogP contribution in [0.25, 0.3) is 10.8 Å². The first-order valence-corrected chi connectivity index (χ1v) is 5.54. The molecule has 0 aliphatic heterocycles. The predicted octanol–water partition coefficient (Wildman–Crippen LogP) is 3.43. The summed E-state index contributed by atoms with van der Waals surface area (Å²) < 4.78 is 0. The van der Waals surface area contributed by atoms with Gasteiger partial charge in [-0.25, -0.2) is 0 Å². The topological polar surface area (TPSA) is 0 Å². The first kappa shape index (κ1) is 10.1. The van der Waals surface area contributed by atoms with E-state index < -0.39 is 0 Å². The minimum absolute atomic E-state index is 0.600. The molecule has 1 heteroatoms. The Kier molecular flexibility index (Phi) is 2.99. The van der Waals surface area contributed by atoms with Crippen molar-refractivity contribution in [3.63, 3.8) is 0 Å². The Bertz CT molecular complexity index is 544. The van der Waals surface area contributed by atoms with Gasteiger partial charge in [0.1, 0.15) is 0 Å². The lowest BCUT2D eigenvalue weighted by atomic mass is 10.0. The summed E-state index contributed by atoms with van der Waals surface area (Å²) in [4.78, 5) is 0. The largest absolute Gasteiger partial charge is 0.166 e. The van der Waals surface area contributed by atoms with Crippen LogP contribution in [0.2, 0.25) is 0 Å². The third kappa shape index (κ3) is 2.00. The van der Waals surface area contributed by atoms with Gasteiger partial charge in [-0.15, -0.1) is 0 Å². The van der Waals surface area contributed by atoms with Crippen LogP contribution in [0.4, 0.5) is 0 Å². The summed E-state index contributed by atoms with van der Waals surface area (Å²) in [5.74, 6) is 6.79. The lowest BCUT2D eigenvalue weighted by molar-refractivity contribution is 1.47. The molecule has 2 aromatic carbocycles. The fourth-order valence-electron chi connectivity index (χ4n) is 1.67. The molecule has 0 bridgehead atoms. The summed E-state index contributed by atoms with van der Waals surface area (Å²) >= 11 is 4.11. The number of rotatable bonds is 0. The Balaban J connectivity index is 2.74. The molecule has 0 N–H and O–H groups in total. The van der Waals surface area contributed by atoms with Crippen LogP contribution < -0.4 is 0 Å². The molecule has 0 aromatic heterocycles. The lowest BCUT2D eigenvalue weighted by Gasteiger charge is -2.03. The van der Waals surface area contributed by atoms with Gasteiger partial charge in [-0.1, -0.05) is 48.2 Å². The van der Waals surface area contributed by atoms with Crippen LogP contribution >= 0.6 is 12.6 Å². The molecule has 0 heterocycles. The van der Waals surface area contributed by atoms with Crippen molar-refractivity contribution in [1.82, 2.24) is 0 Å². The molecule has 74 valence electrons. The molecule has 0 aliphatic rings. The second kappa shape index (κ2) is 4.42. The Morgan fingerprint density at radius 3 is 2.73 bits per heavy atom. The maximum atomic E-state index is 4.11. The highest BCUT2D eigenvalue weighted by atomic mass is 32.1. The highest BCUT2D eigenvalue weighted by molar-refractivity contribution is 7.80. The van der Waals surface area contributed by atoms with Gasteiger partial charge in [0.2, 0.25) is 0 Å². The van der Waals surface area contributed by atoms with Crippen molar-refractivity contribution in [2.24, 2.45) is 0 Å². The maximum Gasteiger partial charge on any atom is 0.0521 e. The molecule has 0 amide bonds. The van der Waals surface area contributed by atoms with Crippen LogP contribution in [0.15, 0.2) is 36.4 Å². The summed E-state index contributed by atoms with van der Waals surface area (Å²) in [7, 11) is 0. The highest BCUT2D eigenvalue weighted by Gasteiger charge is 2.00. The number of hydrogen-bond acceptors (Lipinski definition) is 1. The molecular weight excluding hydrogens is 200 g/mol. The van der Waals surface area contributed by atoms with E-state index in [1.807, 2.05) is 12.1 Å². The van der Waals surface area contributed by atoms with Crippen LogP contribution in [0.1, 0.15) is 11.1 Å². The van der Waals surface area contributed by atoms with E-state index in [4.69, 9.17) is 0 Å². The van der Waals surface area contributed by atoms with E-state index in [0.29, 0.717) is 5.75 Å². The number of benzene rings is 2. The molecule has 0 spiro atoms. The fraction of sp³-hybridized carbons (Fsp3) is 0.143. The molecule has 2 rings (SSSR count). The number of fused-ring (bicyclic) bond motifs is 1. The molecule has 0 nitrogen and oxygen atoms in total. The monoisotopic (exact) mass is 212 g/mol. The fourth-order valence-corrected chi connectivity index (χ4v) is 1.75. The minimum Gasteiger partial charge on any atom is -0.166 e. The van der Waals surface area contributed by atoms with Crippen LogP contribution in [-0.4, -0.2) is 5.75 Å². The van der Waals surface area contributed by atoms with Gasteiger partial charge in [-0.3, -0.25) is 0 Å². The van der Waals surface area contributed by atoms with E-state index in [2.05, 4.69) is 55.7 Å². The molecule has 0 saturated heterocycles. The van der Waals surface area contributed by atoms with Crippen LogP contribution in [-0.2, 0) is 0 Å². The van der Waals surface area contributed by atoms with E-state index in [1.165, 1.54) is 16.3 Å². The second-order valence-corrected chi connectivity index (χ2v) is 3.75. The predicted molar refractivity (Wildman–Crippen MR) is 69.4 cm³/mol. The van der Waals surface area contributed by atoms with Crippen molar-refractivity contribution in [1.29, 1.82) is 0 Å². The quantitative estimate of drug-likeness (QED) is 0.502. The van der Waals surface area contributed by atoms with E-state index in [-0.39, 0.29) is 0 Å². The number of thiol groups is 1. The van der Waals surface area contributed by atoms with Crippen molar-refractivity contribution < 1.29 is 0 Å². The second-order valence-electron chi connectivity index (χ2n) is 3.44. The zero-order valence-electron chi connectivity index (χ0n) is 8.62. The van der Waals surface area contributed by atoms with Gasteiger partial charge in [-0.2, -0.15) is 12.6 Å². The van der Waals surface area contributed by atoms with Crippen LogP contribution in [0.3, 0.4) is 0 Å². The van der Waals surface area contributed by atoms with Crippen LogP contribution in [0.5, 0.6) is 0 Å². The Labute approximate surface area is 95.7 Å². The summed E-state index contributed by atoms with van der Waals surface area (Å²) in [6.45, 7) is 2.09. The van der Waals surface area contributed by atoms with E-state index in [9.17, 15) is 0 Å². The van der Waals surface area contributed by atoms with Gasteiger partial charge >= 0.3 is 0 Å². The molecule has 0 radical (unpaired) electrons. The van der Waals surface area contributed by atoms with Crippen molar-refractivity contribution >= 4 is 23.4 Å². The lowest BCUT2D eigenvalue weighted by Crippen LogP contribution is -1.85. The molecule has 15 heavy (non-hydrogen) atoms. The zero-order chi connectivity index (χ0) is 10.7. The van der Waals surface area contributed by atoms with E-state index >= 15 is 0 Å². The third-order valence-electron chi connectivity index (χ3n) is 2.43. The van der Waals surface area contributed by atoms with Gasteiger partial charge < -0.3 is 0 Å². The first-order valence-electron chi connectivity index (χ1n) is 4.91. The third-order valence-corrected chi connectivity index (χ3v) is 2.59. The minimum atomic E-state index is 0.600. The van der Waals surface area contributed by atoms with Crippen LogP contribution in [0, 0.1) is 18.8 Å². The van der Waals surface area contributed by atoms with Gasteiger partial charge in [0, 0.05) is 5.56 Å². The molecule has 0 aliphatic carbocycles. The maximum absolute atomic E-state index is 4.11. The summed E-state index contributed by atoms with van der Waals surface area (Å²) in [6.07, 6.45) is 0. The van der Waals surface area contributed by atoms with E-state index in [1.54, 1.807) is 0 Å². The van der Waals surface area contributed by atoms with Crippen molar-refractivity contribution in [3.8, 4) is 11.8 Å². The molecule has 0 fully saturated rings. The van der Waals surface area contributed by atoms with Crippen molar-refractivity contribution in [3.05, 3.63) is 47.5 Å². The molecular formula is C14H12S. The van der Waals surface area contributed by atoms with Gasteiger partial charge in [0.25, 0.3) is 0 Å². The van der Waals surface area contributed by atoms with Crippen molar-refractivity contribution in [2.75, 3.05) is 5.75 Å². The standard InChI is InChI=1S/C14H12S/c1-11-8-9-12-5-2-3-6-14(12)13(11)7-4-10-15/h2-3,5-6,8-9,15H,10H2,1H3. The highest BCUT2D eigenvalue weighted by Crippen LogP contribution is 2.20. The molecule has 0 atom stereocenters. The normalized spacial score (nSPS) is 9.73. The average Bonchev–Trinajstić information content (AvgIpc) is 2.28. The Morgan fingerprint density at radius 1 is 1.13 bits per heavy atom. The van der Waals surface area contributed by atoms with Gasteiger partial charge in [0.15, 0.2) is 0 Å². The van der Waals surface area contributed by atoms with E-state index in [0.717, 1.165) is 5.56 Å². The van der Waals surface area contributed by atoms with Crippen molar-refractivity contribution in [2.45, 2.75) is 6.92 Å².